The summed E-state index contributed by atoms with van der Waals surface area (Å²) in [4.78, 5) is 13.9. The molecule has 0 radical (unpaired) electrons. The fourth-order valence-corrected chi connectivity index (χ4v) is 7.49. The van der Waals surface area contributed by atoms with Crippen molar-refractivity contribution in [1.29, 1.82) is 0 Å². The molecule has 28 heavy (non-hydrogen) atoms. The Kier molecular flexibility index (Phi) is 5.78. The van der Waals surface area contributed by atoms with Crippen LogP contribution < -0.4 is 5.32 Å². The molecular formula is C19H21FN2O3S3. The minimum Gasteiger partial charge on any atom is -0.349 e. The number of nitrogens with zero attached hydrogens (tertiary/aromatic N) is 1. The van der Waals surface area contributed by atoms with Gasteiger partial charge in [0.15, 0.2) is 0 Å². The van der Waals surface area contributed by atoms with Crippen LogP contribution in [0, 0.1) is 11.7 Å². The van der Waals surface area contributed by atoms with E-state index in [9.17, 15) is 17.6 Å². The number of sulfonamides is 1. The molecule has 3 heterocycles. The lowest BCUT2D eigenvalue weighted by molar-refractivity contribution is -0.126. The summed E-state index contributed by atoms with van der Waals surface area (Å²) in [6.07, 6.45) is 2.03. The monoisotopic (exact) mass is 440 g/mol. The lowest BCUT2D eigenvalue weighted by atomic mass is 9.97. The third-order valence-corrected chi connectivity index (χ3v) is 9.53. The lowest BCUT2D eigenvalue weighted by Crippen LogP contribution is -2.46. The first-order valence-electron chi connectivity index (χ1n) is 9.21. The first kappa shape index (κ1) is 19.9. The summed E-state index contributed by atoms with van der Waals surface area (Å²) in [6.45, 7) is 0.613. The number of thioether (sulfide) groups is 1. The number of hydrogen-bond acceptors (Lipinski definition) is 5. The number of hydrogen-bond donors (Lipinski definition) is 1. The van der Waals surface area contributed by atoms with Gasteiger partial charge in [0.1, 0.15) is 10.0 Å². The van der Waals surface area contributed by atoms with Crippen LogP contribution >= 0.6 is 23.1 Å². The van der Waals surface area contributed by atoms with Crippen LogP contribution in [0.15, 0.2) is 44.8 Å². The van der Waals surface area contributed by atoms with Gasteiger partial charge in [-0.15, -0.1) is 23.1 Å². The van der Waals surface area contributed by atoms with Crippen LogP contribution in [0.5, 0.6) is 0 Å². The molecule has 0 spiro atoms. The van der Waals surface area contributed by atoms with E-state index in [4.69, 9.17) is 0 Å². The fourth-order valence-electron chi connectivity index (χ4n) is 3.72. The Labute approximate surface area is 172 Å². The van der Waals surface area contributed by atoms with Gasteiger partial charge in [-0.1, -0.05) is 6.07 Å². The second-order valence-electron chi connectivity index (χ2n) is 7.01. The zero-order valence-corrected chi connectivity index (χ0v) is 17.6. The van der Waals surface area contributed by atoms with Gasteiger partial charge in [-0.3, -0.25) is 4.79 Å². The highest BCUT2D eigenvalue weighted by Gasteiger charge is 2.35. The number of fused-ring (bicyclic) bond motifs is 1. The van der Waals surface area contributed by atoms with Crippen LogP contribution in [0.2, 0.25) is 0 Å². The molecule has 5 nitrogen and oxygen atoms in total. The van der Waals surface area contributed by atoms with Gasteiger partial charge in [0, 0.05) is 23.7 Å². The first-order valence-corrected chi connectivity index (χ1v) is 12.5. The van der Waals surface area contributed by atoms with E-state index in [0.717, 1.165) is 22.6 Å². The topological polar surface area (TPSA) is 66.5 Å². The van der Waals surface area contributed by atoms with Crippen molar-refractivity contribution in [3.63, 3.8) is 0 Å². The molecule has 1 saturated heterocycles. The maximum atomic E-state index is 13.7. The molecule has 1 fully saturated rings. The summed E-state index contributed by atoms with van der Waals surface area (Å²) >= 11 is 2.85. The highest BCUT2D eigenvalue weighted by Crippen LogP contribution is 2.37. The molecule has 2 aliphatic rings. The van der Waals surface area contributed by atoms with Gasteiger partial charge < -0.3 is 5.32 Å². The number of halogens is 1. The first-order chi connectivity index (χ1) is 13.4. The van der Waals surface area contributed by atoms with Crippen molar-refractivity contribution in [3.8, 4) is 0 Å². The quantitative estimate of drug-likeness (QED) is 0.788. The number of carbonyl (C=O) groups is 1. The Morgan fingerprint density at radius 1 is 1.25 bits per heavy atom. The van der Waals surface area contributed by atoms with Crippen molar-refractivity contribution in [2.24, 2.45) is 5.92 Å². The van der Waals surface area contributed by atoms with Crippen molar-refractivity contribution >= 4 is 39.0 Å². The highest BCUT2D eigenvalue weighted by molar-refractivity contribution is 7.99. The minimum absolute atomic E-state index is 0.154. The third-order valence-electron chi connectivity index (χ3n) is 5.17. The average Bonchev–Trinajstić information content (AvgIpc) is 3.24. The van der Waals surface area contributed by atoms with Crippen LogP contribution in [-0.4, -0.2) is 37.5 Å². The third kappa shape index (κ3) is 3.98. The number of benzene rings is 1. The highest BCUT2D eigenvalue weighted by atomic mass is 32.2. The van der Waals surface area contributed by atoms with Crippen molar-refractivity contribution in [2.75, 3.05) is 18.8 Å². The van der Waals surface area contributed by atoms with Crippen LogP contribution in [0.1, 0.15) is 30.9 Å². The molecule has 0 saturated carbocycles. The zero-order chi connectivity index (χ0) is 19.7. The Balaban J connectivity index is 1.47. The summed E-state index contributed by atoms with van der Waals surface area (Å²) in [6, 6.07) is 7.75. The van der Waals surface area contributed by atoms with Crippen LogP contribution in [0.3, 0.4) is 0 Å². The number of thiophene rings is 1. The number of nitrogens with one attached hydrogen (secondary N) is 1. The molecule has 9 heteroatoms. The standard InChI is InChI=1S/C19H21FN2O3S3/c20-14-5-6-17-15(11-14)16(7-10-26-17)21-19(23)13-3-1-8-22(12-13)28(24,25)18-4-2-9-27-18/h2,4-6,9,11,13,16H,1,3,7-8,10,12H2,(H,21,23)/t13-,16+/m1/s1. The van der Waals surface area contributed by atoms with E-state index in [2.05, 4.69) is 5.32 Å². The van der Waals surface area contributed by atoms with Gasteiger partial charge >= 0.3 is 0 Å². The summed E-state index contributed by atoms with van der Waals surface area (Å²) in [5, 5.41) is 4.78. The molecule has 1 amide bonds. The Morgan fingerprint density at radius 3 is 2.89 bits per heavy atom. The number of piperidine rings is 1. The maximum Gasteiger partial charge on any atom is 0.252 e. The van der Waals surface area contributed by atoms with Crippen molar-refractivity contribution in [1.82, 2.24) is 9.62 Å². The molecule has 4 rings (SSSR count). The Morgan fingerprint density at radius 2 is 2.11 bits per heavy atom. The van der Waals surface area contributed by atoms with Crippen LogP contribution in [0.25, 0.3) is 0 Å². The summed E-state index contributed by atoms with van der Waals surface area (Å²) in [5.41, 5.74) is 0.809. The lowest BCUT2D eigenvalue weighted by Gasteiger charge is -2.33. The van der Waals surface area contributed by atoms with Crippen molar-refractivity contribution < 1.29 is 17.6 Å². The molecular weight excluding hydrogens is 419 g/mol. The maximum absolute atomic E-state index is 13.7. The molecule has 1 aromatic carbocycles. The van der Waals surface area contributed by atoms with Gasteiger partial charge in [-0.25, -0.2) is 12.8 Å². The van der Waals surface area contributed by atoms with Crippen LogP contribution in [-0.2, 0) is 14.8 Å². The number of rotatable bonds is 4. The van der Waals surface area contributed by atoms with E-state index in [-0.39, 0.29) is 24.3 Å². The molecule has 0 bridgehead atoms. The molecule has 0 unspecified atom stereocenters. The minimum atomic E-state index is -3.55. The summed E-state index contributed by atoms with van der Waals surface area (Å²) < 4.78 is 40.9. The molecule has 0 aliphatic carbocycles. The molecule has 150 valence electrons. The van der Waals surface area contributed by atoms with Crippen molar-refractivity contribution in [3.05, 3.63) is 47.1 Å². The number of amides is 1. The zero-order valence-electron chi connectivity index (χ0n) is 15.1. The second-order valence-corrected chi connectivity index (χ2v) is 11.3. The molecule has 1 N–H and O–H groups in total. The normalized spacial score (nSPS) is 23.2. The molecule has 2 aliphatic heterocycles. The van der Waals surface area contributed by atoms with E-state index in [1.165, 1.54) is 27.8 Å². The van der Waals surface area contributed by atoms with E-state index >= 15 is 0 Å². The van der Waals surface area contributed by atoms with Gasteiger partial charge in [0.25, 0.3) is 10.0 Å². The van der Waals surface area contributed by atoms with E-state index in [1.54, 1.807) is 35.3 Å². The Bertz CT molecular complexity index is 963. The van der Waals surface area contributed by atoms with Gasteiger partial charge in [-0.2, -0.15) is 4.31 Å². The van der Waals surface area contributed by atoms with Gasteiger partial charge in [0.2, 0.25) is 5.91 Å². The summed E-state index contributed by atoms with van der Waals surface area (Å²) in [5.74, 6) is -0.00714. The second kappa shape index (κ2) is 8.14. The Hall–Kier alpha value is -1.42. The average molecular weight is 441 g/mol. The van der Waals surface area contributed by atoms with Crippen molar-refractivity contribution in [2.45, 2.75) is 34.4 Å². The van der Waals surface area contributed by atoms with Gasteiger partial charge in [-0.05, 0) is 54.5 Å². The predicted molar refractivity (Wildman–Crippen MR) is 108 cm³/mol. The van der Waals surface area contributed by atoms with E-state index in [0.29, 0.717) is 23.6 Å². The smallest absolute Gasteiger partial charge is 0.252 e. The predicted octanol–water partition coefficient (Wildman–Crippen LogP) is 3.64. The molecule has 1 aromatic heterocycles. The molecule has 2 aromatic rings. The fraction of sp³-hybridized carbons (Fsp3) is 0.421. The SMILES string of the molecule is O=C(N[C@H]1CCSc2ccc(F)cc21)[C@@H]1CCCN(S(=O)(=O)c2cccs2)C1. The van der Waals surface area contributed by atoms with E-state index in [1.807, 2.05) is 0 Å². The largest absolute Gasteiger partial charge is 0.349 e. The van der Waals surface area contributed by atoms with E-state index < -0.39 is 15.9 Å². The molecule has 2 atom stereocenters. The number of carbonyl (C=O) groups excluding carboxylic acids is 1. The summed E-state index contributed by atoms with van der Waals surface area (Å²) in [7, 11) is -3.55. The van der Waals surface area contributed by atoms with Gasteiger partial charge in [0.05, 0.1) is 12.0 Å². The van der Waals surface area contributed by atoms with Crippen LogP contribution in [0.4, 0.5) is 4.39 Å².